The highest BCUT2D eigenvalue weighted by Gasteiger charge is 2.67. The maximum absolute atomic E-state index is 14.3. The Morgan fingerprint density at radius 3 is 2.26 bits per heavy atom. The smallest absolute Gasteiger partial charge is 0.241 e. The average molecular weight is 527 g/mol. The van der Waals surface area contributed by atoms with Gasteiger partial charge in [-0.05, 0) is 74.8 Å². The van der Waals surface area contributed by atoms with E-state index in [0.717, 1.165) is 11.1 Å². The zero-order valence-corrected chi connectivity index (χ0v) is 22.8. The van der Waals surface area contributed by atoms with Crippen LogP contribution < -0.4 is 4.90 Å². The van der Waals surface area contributed by atoms with E-state index < -0.39 is 29.1 Å². The molecule has 0 unspecified atom stereocenters. The fourth-order valence-corrected chi connectivity index (χ4v) is 7.88. The molecule has 2 aliphatic carbocycles. The van der Waals surface area contributed by atoms with E-state index in [1.165, 1.54) is 9.80 Å². The number of amides is 4. The number of para-hydroxylation sites is 1. The molecule has 202 valence electrons. The molecule has 6 atom stereocenters. The van der Waals surface area contributed by atoms with E-state index in [2.05, 4.69) is 6.08 Å². The van der Waals surface area contributed by atoms with Crippen LogP contribution in [-0.2, 0) is 19.2 Å². The number of imide groups is 2. The summed E-state index contributed by atoms with van der Waals surface area (Å²) in [6.07, 6.45) is 3.55. The topological polar surface area (TPSA) is 95.0 Å². The van der Waals surface area contributed by atoms with Gasteiger partial charge in [-0.1, -0.05) is 48.9 Å². The zero-order chi connectivity index (χ0) is 27.8. The molecule has 3 fully saturated rings. The van der Waals surface area contributed by atoms with Crippen LogP contribution in [0.5, 0.6) is 5.75 Å². The van der Waals surface area contributed by atoms with Crippen LogP contribution in [0.4, 0.5) is 5.69 Å². The van der Waals surface area contributed by atoms with E-state index in [1.807, 2.05) is 58.0 Å². The van der Waals surface area contributed by atoms with Crippen molar-refractivity contribution in [3.63, 3.8) is 0 Å². The third-order valence-electron chi connectivity index (χ3n) is 9.67. The molecule has 0 bridgehead atoms. The molecule has 0 radical (unpaired) electrons. The van der Waals surface area contributed by atoms with Gasteiger partial charge in [0, 0.05) is 12.5 Å². The van der Waals surface area contributed by atoms with Gasteiger partial charge in [0.25, 0.3) is 0 Å². The summed E-state index contributed by atoms with van der Waals surface area (Å²) in [5.74, 6) is -2.95. The quantitative estimate of drug-likeness (QED) is 0.462. The van der Waals surface area contributed by atoms with Gasteiger partial charge in [0.1, 0.15) is 5.75 Å². The van der Waals surface area contributed by atoms with Crippen molar-refractivity contribution in [2.45, 2.75) is 52.9 Å². The molecule has 7 nitrogen and oxygen atoms in total. The van der Waals surface area contributed by atoms with Gasteiger partial charge in [-0.15, -0.1) is 0 Å². The molecule has 2 heterocycles. The van der Waals surface area contributed by atoms with Crippen LogP contribution in [0.1, 0.15) is 55.7 Å². The number of hydrogen-bond acceptors (Lipinski definition) is 5. The van der Waals surface area contributed by atoms with Crippen LogP contribution in [0.2, 0.25) is 0 Å². The van der Waals surface area contributed by atoms with Gasteiger partial charge in [-0.3, -0.25) is 24.1 Å². The standard InChI is InChI=1S/C32H34N2O5/c1-5-13-33-28(36)22-12-11-21-23(25(22)30(33)38)16-24-29(37)34(20-9-7-6-8-10-20)31(39)32(24,4)26(21)19-14-17(2)27(35)18(3)15-19/h6-11,14-15,22-26,35H,5,12-13,16H2,1-4H3/t22-,23+,24-,25-,26-,32+/m0/s1. The van der Waals surface area contributed by atoms with Crippen molar-refractivity contribution >= 4 is 29.3 Å². The van der Waals surface area contributed by atoms with Crippen LogP contribution in [0, 0.1) is 42.9 Å². The number of anilines is 1. The summed E-state index contributed by atoms with van der Waals surface area (Å²) in [4.78, 5) is 58.1. The fraction of sp³-hybridized carbons (Fsp3) is 0.438. The number of aromatic hydroxyl groups is 1. The minimum Gasteiger partial charge on any atom is -0.507 e. The Labute approximate surface area is 228 Å². The van der Waals surface area contributed by atoms with Gasteiger partial charge in [0.05, 0.1) is 28.9 Å². The summed E-state index contributed by atoms with van der Waals surface area (Å²) in [6.45, 7) is 7.89. The van der Waals surface area contributed by atoms with Gasteiger partial charge >= 0.3 is 0 Å². The Kier molecular flexibility index (Phi) is 5.83. The molecule has 7 heteroatoms. The average Bonchev–Trinajstić information content (AvgIpc) is 3.27. The Hall–Kier alpha value is -3.74. The third-order valence-corrected chi connectivity index (χ3v) is 9.67. The lowest BCUT2D eigenvalue weighted by molar-refractivity contribution is -0.140. The number of nitrogens with zero attached hydrogens (tertiary/aromatic N) is 2. The van der Waals surface area contributed by atoms with Crippen molar-refractivity contribution in [3.05, 3.63) is 70.8 Å². The summed E-state index contributed by atoms with van der Waals surface area (Å²) >= 11 is 0. The van der Waals surface area contributed by atoms with Gasteiger partial charge in [-0.2, -0.15) is 0 Å². The predicted octanol–water partition coefficient (Wildman–Crippen LogP) is 4.65. The first-order valence-corrected chi connectivity index (χ1v) is 13.9. The number of fused-ring (bicyclic) bond motifs is 4. The second-order valence-electron chi connectivity index (χ2n) is 11.8. The number of allylic oxidation sites excluding steroid dienone is 2. The maximum Gasteiger partial charge on any atom is 0.241 e. The van der Waals surface area contributed by atoms with E-state index in [9.17, 15) is 24.3 Å². The number of phenols is 1. The monoisotopic (exact) mass is 526 g/mol. The van der Waals surface area contributed by atoms with Gasteiger partial charge in [0.2, 0.25) is 23.6 Å². The molecule has 6 rings (SSSR count). The maximum atomic E-state index is 14.3. The number of phenolic OH excluding ortho intramolecular Hbond substituents is 1. The Morgan fingerprint density at radius 2 is 1.62 bits per heavy atom. The number of carbonyl (C=O) groups excluding carboxylic acids is 4. The lowest BCUT2D eigenvalue weighted by Crippen LogP contribution is -2.49. The highest BCUT2D eigenvalue weighted by Crippen LogP contribution is 2.63. The number of likely N-dealkylation sites (tertiary alicyclic amines) is 1. The summed E-state index contributed by atoms with van der Waals surface area (Å²) in [7, 11) is 0. The minimum absolute atomic E-state index is 0.122. The van der Waals surface area contributed by atoms with Crippen molar-refractivity contribution in [1.82, 2.24) is 4.90 Å². The first kappa shape index (κ1) is 25.5. The molecule has 4 amide bonds. The Morgan fingerprint density at radius 1 is 0.949 bits per heavy atom. The third kappa shape index (κ3) is 3.41. The van der Waals surface area contributed by atoms with Gasteiger partial charge < -0.3 is 5.11 Å². The van der Waals surface area contributed by atoms with Crippen LogP contribution in [0.3, 0.4) is 0 Å². The van der Waals surface area contributed by atoms with Gasteiger partial charge in [-0.25, -0.2) is 4.90 Å². The second-order valence-corrected chi connectivity index (χ2v) is 11.8. The van der Waals surface area contributed by atoms with Crippen LogP contribution in [0.25, 0.3) is 0 Å². The molecule has 0 spiro atoms. The number of carbonyl (C=O) groups is 4. The fourth-order valence-electron chi connectivity index (χ4n) is 7.88. The highest BCUT2D eigenvalue weighted by atomic mass is 16.3. The summed E-state index contributed by atoms with van der Waals surface area (Å²) < 4.78 is 0. The molecule has 4 aliphatic rings. The normalized spacial score (nSPS) is 31.8. The zero-order valence-electron chi connectivity index (χ0n) is 22.8. The molecule has 39 heavy (non-hydrogen) atoms. The molecule has 1 N–H and O–H groups in total. The van der Waals surface area contributed by atoms with Crippen LogP contribution in [0.15, 0.2) is 54.1 Å². The molecule has 0 aromatic heterocycles. The second kappa shape index (κ2) is 8.90. The number of hydrogen-bond donors (Lipinski definition) is 1. The van der Waals surface area contributed by atoms with Crippen molar-refractivity contribution < 1.29 is 24.3 Å². The molecule has 1 saturated carbocycles. The van der Waals surface area contributed by atoms with Crippen LogP contribution >= 0.6 is 0 Å². The summed E-state index contributed by atoms with van der Waals surface area (Å²) in [6, 6.07) is 12.8. The lowest BCUT2D eigenvalue weighted by Gasteiger charge is -2.49. The van der Waals surface area contributed by atoms with Crippen molar-refractivity contribution in [2.75, 3.05) is 11.4 Å². The SMILES string of the molecule is CCCN1C(=O)[C@H]2[C@H](CC=C3[C@H]2C[C@H]2C(=O)N(c4ccccc4)C(=O)[C@@]2(C)[C@H]3c2cc(C)c(O)c(C)c2)C1=O. The summed E-state index contributed by atoms with van der Waals surface area (Å²) in [5, 5.41) is 10.5. The largest absolute Gasteiger partial charge is 0.507 e. The molecular formula is C32H34N2O5. The number of rotatable bonds is 4. The summed E-state index contributed by atoms with van der Waals surface area (Å²) in [5.41, 5.74) is 2.67. The van der Waals surface area contributed by atoms with Crippen LogP contribution in [-0.4, -0.2) is 40.2 Å². The van der Waals surface area contributed by atoms with E-state index >= 15 is 0 Å². The van der Waals surface area contributed by atoms with E-state index in [0.29, 0.717) is 42.6 Å². The number of benzene rings is 2. The van der Waals surface area contributed by atoms with Crippen molar-refractivity contribution in [2.24, 2.45) is 29.1 Å². The Bertz CT molecular complexity index is 1420. The van der Waals surface area contributed by atoms with E-state index in [-0.39, 0.29) is 35.3 Å². The van der Waals surface area contributed by atoms with Gasteiger partial charge in [0.15, 0.2) is 0 Å². The molecule has 2 saturated heterocycles. The van der Waals surface area contributed by atoms with E-state index in [1.54, 1.807) is 12.1 Å². The first-order valence-electron chi connectivity index (χ1n) is 13.9. The Balaban J connectivity index is 1.54. The predicted molar refractivity (Wildman–Crippen MR) is 146 cm³/mol. The van der Waals surface area contributed by atoms with E-state index in [4.69, 9.17) is 0 Å². The lowest BCUT2D eigenvalue weighted by atomic mass is 9.51. The molecule has 2 aliphatic heterocycles. The number of aryl methyl sites for hydroxylation is 2. The molecule has 2 aromatic rings. The van der Waals surface area contributed by atoms with Crippen molar-refractivity contribution in [3.8, 4) is 5.75 Å². The highest BCUT2D eigenvalue weighted by molar-refractivity contribution is 6.24. The first-order chi connectivity index (χ1) is 18.6. The molecular weight excluding hydrogens is 492 g/mol. The minimum atomic E-state index is -1.08. The molecule has 2 aromatic carbocycles. The van der Waals surface area contributed by atoms with Crippen molar-refractivity contribution in [1.29, 1.82) is 0 Å².